The third-order valence-electron chi connectivity index (χ3n) is 5.29. The van der Waals surface area contributed by atoms with E-state index in [-0.39, 0.29) is 23.8 Å². The largest absolute Gasteiger partial charge is 0.372 e. The zero-order valence-corrected chi connectivity index (χ0v) is 14.9. The Morgan fingerprint density at radius 2 is 2.24 bits per heavy atom. The number of carbonyl (C=O) groups is 2. The lowest BCUT2D eigenvalue weighted by atomic mass is 9.73. The fraction of sp³-hybridized carbons (Fsp3) is 0.632. The van der Waals surface area contributed by atoms with Gasteiger partial charge in [0.25, 0.3) is 0 Å². The highest BCUT2D eigenvalue weighted by atomic mass is 16.5. The van der Waals surface area contributed by atoms with E-state index in [9.17, 15) is 9.59 Å². The number of hydrogen-bond acceptors (Lipinski definition) is 4. The molecule has 6 nitrogen and oxygen atoms in total. The van der Waals surface area contributed by atoms with Gasteiger partial charge < -0.3 is 14.5 Å². The third-order valence-corrected chi connectivity index (χ3v) is 5.29. The maximum Gasteiger partial charge on any atom is 0.248 e. The van der Waals surface area contributed by atoms with Crippen LogP contribution in [0.25, 0.3) is 0 Å². The lowest BCUT2D eigenvalue weighted by Gasteiger charge is -2.48. The highest BCUT2D eigenvalue weighted by Crippen LogP contribution is 2.39. The first kappa shape index (κ1) is 17.9. The summed E-state index contributed by atoms with van der Waals surface area (Å²) in [6.07, 6.45) is 7.05. The fourth-order valence-electron chi connectivity index (χ4n) is 3.99. The molecule has 2 fully saturated rings. The van der Waals surface area contributed by atoms with Gasteiger partial charge in [0.05, 0.1) is 0 Å². The molecule has 3 heterocycles. The number of amides is 2. The highest BCUT2D eigenvalue weighted by Gasteiger charge is 2.42. The lowest BCUT2D eigenvalue weighted by molar-refractivity contribution is -0.145. The summed E-state index contributed by atoms with van der Waals surface area (Å²) in [5, 5.41) is 0. The van der Waals surface area contributed by atoms with Crippen LogP contribution in [0.15, 0.2) is 24.5 Å². The molecule has 3 rings (SSSR count). The van der Waals surface area contributed by atoms with E-state index in [2.05, 4.69) is 4.98 Å². The number of carbonyl (C=O) groups excluding carboxylic acids is 2. The van der Waals surface area contributed by atoms with E-state index < -0.39 is 0 Å². The van der Waals surface area contributed by atoms with Crippen molar-refractivity contribution >= 4 is 11.8 Å². The fourth-order valence-corrected chi connectivity index (χ4v) is 3.99. The summed E-state index contributed by atoms with van der Waals surface area (Å²) in [6, 6.07) is 3.90. The van der Waals surface area contributed by atoms with Crippen LogP contribution in [0.2, 0.25) is 0 Å². The van der Waals surface area contributed by atoms with Gasteiger partial charge in [0.2, 0.25) is 11.8 Å². The quantitative estimate of drug-likeness (QED) is 0.817. The standard InChI is InChI=1S/C19H27N3O3/c1-2-25-13-18(24)21-10-4-7-19(14-21)8-6-17(23)22(15-19)12-16-5-3-9-20-11-16/h3,5,9,11H,2,4,6-8,10,12-15H2,1H3/t19-/m1/s1. The van der Waals surface area contributed by atoms with Gasteiger partial charge in [-0.25, -0.2) is 0 Å². The average Bonchev–Trinajstić information content (AvgIpc) is 2.64. The van der Waals surface area contributed by atoms with Crippen LogP contribution in [0, 0.1) is 5.41 Å². The third kappa shape index (κ3) is 4.37. The summed E-state index contributed by atoms with van der Waals surface area (Å²) in [5.41, 5.74) is 1.07. The molecule has 0 bridgehead atoms. The molecule has 0 radical (unpaired) electrons. The van der Waals surface area contributed by atoms with Gasteiger partial charge in [-0.2, -0.15) is 0 Å². The molecule has 6 heteroatoms. The second-order valence-electron chi connectivity index (χ2n) is 7.17. The van der Waals surface area contributed by atoms with Crippen molar-refractivity contribution in [3.8, 4) is 0 Å². The Balaban J connectivity index is 1.66. The molecule has 25 heavy (non-hydrogen) atoms. The monoisotopic (exact) mass is 345 g/mol. The van der Waals surface area contributed by atoms with Gasteiger partial charge in [-0.05, 0) is 37.8 Å². The molecule has 2 amide bonds. The van der Waals surface area contributed by atoms with Gasteiger partial charge in [0.1, 0.15) is 6.61 Å². The van der Waals surface area contributed by atoms with Crippen molar-refractivity contribution in [1.29, 1.82) is 0 Å². The lowest BCUT2D eigenvalue weighted by Crippen LogP contribution is -2.55. The van der Waals surface area contributed by atoms with Gasteiger partial charge >= 0.3 is 0 Å². The van der Waals surface area contributed by atoms with E-state index in [4.69, 9.17) is 4.74 Å². The van der Waals surface area contributed by atoms with Crippen molar-refractivity contribution in [1.82, 2.24) is 14.8 Å². The Labute approximate surface area is 149 Å². The summed E-state index contributed by atoms with van der Waals surface area (Å²) in [5.74, 6) is 0.267. The van der Waals surface area contributed by atoms with Crippen LogP contribution in [0.4, 0.5) is 0 Å². The molecule has 136 valence electrons. The first-order valence-corrected chi connectivity index (χ1v) is 9.14. The normalized spacial score (nSPS) is 24.0. The summed E-state index contributed by atoms with van der Waals surface area (Å²) >= 11 is 0. The van der Waals surface area contributed by atoms with Crippen molar-refractivity contribution in [2.75, 3.05) is 32.8 Å². The zero-order chi connectivity index (χ0) is 17.7. The maximum atomic E-state index is 12.4. The van der Waals surface area contributed by atoms with E-state index >= 15 is 0 Å². The number of nitrogens with zero attached hydrogens (tertiary/aromatic N) is 3. The van der Waals surface area contributed by atoms with Crippen molar-refractivity contribution in [2.24, 2.45) is 5.41 Å². The first-order valence-electron chi connectivity index (χ1n) is 9.14. The smallest absolute Gasteiger partial charge is 0.248 e. The SMILES string of the molecule is CCOCC(=O)N1CCC[C@@]2(CCC(=O)N(Cc3cccnc3)C2)C1. The van der Waals surface area contributed by atoms with E-state index in [0.717, 1.165) is 44.5 Å². The first-order chi connectivity index (χ1) is 12.1. The summed E-state index contributed by atoms with van der Waals surface area (Å²) < 4.78 is 5.28. The second kappa shape index (κ2) is 7.95. The molecule has 1 spiro atoms. The number of pyridine rings is 1. The number of rotatable bonds is 5. The number of aromatic nitrogens is 1. The van der Waals surface area contributed by atoms with Gasteiger partial charge in [-0.3, -0.25) is 14.6 Å². The topological polar surface area (TPSA) is 62.7 Å². The van der Waals surface area contributed by atoms with Crippen LogP contribution in [0.3, 0.4) is 0 Å². The van der Waals surface area contributed by atoms with E-state index in [1.165, 1.54) is 0 Å². The molecule has 0 aliphatic carbocycles. The molecule has 1 atom stereocenters. The Hall–Kier alpha value is -1.95. The summed E-state index contributed by atoms with van der Waals surface area (Å²) in [6.45, 7) is 5.46. The van der Waals surface area contributed by atoms with Gasteiger partial charge in [-0.1, -0.05) is 6.07 Å². The van der Waals surface area contributed by atoms with Crippen LogP contribution >= 0.6 is 0 Å². The highest BCUT2D eigenvalue weighted by molar-refractivity contribution is 5.78. The van der Waals surface area contributed by atoms with Crippen LogP contribution in [-0.4, -0.2) is 59.4 Å². The molecule has 0 unspecified atom stereocenters. The minimum atomic E-state index is 0.0241. The van der Waals surface area contributed by atoms with Crippen molar-refractivity contribution in [3.05, 3.63) is 30.1 Å². The molecule has 0 saturated carbocycles. The Morgan fingerprint density at radius 1 is 1.36 bits per heavy atom. The molecular formula is C19H27N3O3. The number of likely N-dealkylation sites (tertiary alicyclic amines) is 2. The molecule has 1 aromatic rings. The molecule has 0 N–H and O–H groups in total. The Morgan fingerprint density at radius 3 is 3.00 bits per heavy atom. The van der Waals surface area contributed by atoms with Gasteiger partial charge in [0.15, 0.2) is 0 Å². The van der Waals surface area contributed by atoms with Crippen LogP contribution in [-0.2, 0) is 20.9 Å². The molecule has 2 aliphatic heterocycles. The zero-order valence-electron chi connectivity index (χ0n) is 14.9. The van der Waals surface area contributed by atoms with Crippen LogP contribution < -0.4 is 0 Å². The van der Waals surface area contributed by atoms with Crippen molar-refractivity contribution in [2.45, 2.75) is 39.2 Å². The summed E-state index contributed by atoms with van der Waals surface area (Å²) in [4.78, 5) is 32.7. The summed E-state index contributed by atoms with van der Waals surface area (Å²) in [7, 11) is 0. The Kier molecular flexibility index (Phi) is 5.68. The number of piperidine rings is 2. The maximum absolute atomic E-state index is 12.4. The minimum Gasteiger partial charge on any atom is -0.372 e. The average molecular weight is 345 g/mol. The number of ether oxygens (including phenoxy) is 1. The Bertz CT molecular complexity index is 607. The van der Waals surface area contributed by atoms with E-state index in [1.54, 1.807) is 6.20 Å². The van der Waals surface area contributed by atoms with E-state index in [1.807, 2.05) is 35.1 Å². The number of hydrogen-bond donors (Lipinski definition) is 0. The molecule has 2 saturated heterocycles. The minimum absolute atomic E-state index is 0.0241. The second-order valence-corrected chi connectivity index (χ2v) is 7.17. The van der Waals surface area contributed by atoms with E-state index in [0.29, 0.717) is 19.6 Å². The molecule has 0 aromatic carbocycles. The predicted octanol–water partition coefficient (Wildman–Crippen LogP) is 1.85. The van der Waals surface area contributed by atoms with Crippen molar-refractivity contribution in [3.63, 3.8) is 0 Å². The van der Waals surface area contributed by atoms with Crippen LogP contribution in [0.5, 0.6) is 0 Å². The predicted molar refractivity (Wildman–Crippen MR) is 93.6 cm³/mol. The molecular weight excluding hydrogens is 318 g/mol. The van der Waals surface area contributed by atoms with Gasteiger partial charge in [-0.15, -0.1) is 0 Å². The van der Waals surface area contributed by atoms with Gasteiger partial charge in [0, 0.05) is 57.0 Å². The molecule has 2 aliphatic rings. The van der Waals surface area contributed by atoms with Crippen molar-refractivity contribution < 1.29 is 14.3 Å². The van der Waals surface area contributed by atoms with Crippen LogP contribution in [0.1, 0.15) is 38.2 Å². The molecule has 1 aromatic heterocycles.